The fourth-order valence-corrected chi connectivity index (χ4v) is 2.93. The molecule has 7 heteroatoms. The van der Waals surface area contributed by atoms with Crippen molar-refractivity contribution >= 4 is 11.9 Å². The molecule has 0 bridgehead atoms. The molecule has 120 valence electrons. The largest absolute Gasteiger partial charge is 0.466 e. The molecule has 1 fully saturated rings. The van der Waals surface area contributed by atoms with Gasteiger partial charge in [-0.2, -0.15) is 0 Å². The minimum Gasteiger partial charge on any atom is -0.466 e. The first-order valence-corrected chi connectivity index (χ1v) is 7.78. The van der Waals surface area contributed by atoms with Crippen molar-refractivity contribution in [1.82, 2.24) is 14.5 Å². The highest BCUT2D eigenvalue weighted by Gasteiger charge is 2.30. The molecule has 2 aliphatic heterocycles. The number of hydrogen-bond acceptors (Lipinski definition) is 5. The summed E-state index contributed by atoms with van der Waals surface area (Å²) in [6.45, 7) is 5.20. The quantitative estimate of drug-likeness (QED) is 0.773. The minimum absolute atomic E-state index is 0.0655. The van der Waals surface area contributed by atoms with Crippen LogP contribution < -0.4 is 0 Å². The van der Waals surface area contributed by atoms with E-state index in [1.54, 1.807) is 18.0 Å². The Hall–Kier alpha value is -1.89. The lowest BCUT2D eigenvalue weighted by atomic mass is 9.97. The van der Waals surface area contributed by atoms with Crippen LogP contribution in [0.1, 0.15) is 36.1 Å². The maximum atomic E-state index is 12.5. The van der Waals surface area contributed by atoms with Crippen molar-refractivity contribution in [3.63, 3.8) is 0 Å². The molecule has 0 spiro atoms. The van der Waals surface area contributed by atoms with Gasteiger partial charge in [-0.1, -0.05) is 0 Å². The van der Waals surface area contributed by atoms with E-state index in [-0.39, 0.29) is 17.8 Å². The van der Waals surface area contributed by atoms with Crippen LogP contribution in [0.3, 0.4) is 0 Å². The summed E-state index contributed by atoms with van der Waals surface area (Å²) in [5.41, 5.74) is 0.468. The minimum atomic E-state index is -0.149. The van der Waals surface area contributed by atoms with Gasteiger partial charge in [0, 0.05) is 25.8 Å². The third kappa shape index (κ3) is 2.99. The van der Waals surface area contributed by atoms with E-state index in [1.807, 2.05) is 4.57 Å². The van der Waals surface area contributed by atoms with E-state index < -0.39 is 0 Å². The molecule has 2 aliphatic rings. The second kappa shape index (κ2) is 6.48. The fraction of sp³-hybridized carbons (Fsp3) is 0.667. The summed E-state index contributed by atoms with van der Waals surface area (Å²) in [7, 11) is 0. The van der Waals surface area contributed by atoms with Gasteiger partial charge < -0.3 is 18.9 Å². The number of fused-ring (bicyclic) bond motifs is 1. The maximum absolute atomic E-state index is 12.5. The first-order valence-electron chi connectivity index (χ1n) is 7.78. The Kier molecular flexibility index (Phi) is 4.42. The third-order valence-electron chi connectivity index (χ3n) is 4.19. The summed E-state index contributed by atoms with van der Waals surface area (Å²) in [4.78, 5) is 30.4. The predicted molar refractivity (Wildman–Crippen MR) is 77.1 cm³/mol. The van der Waals surface area contributed by atoms with Crippen molar-refractivity contribution in [3.8, 4) is 0 Å². The molecule has 0 aromatic carbocycles. The van der Waals surface area contributed by atoms with Gasteiger partial charge in [0.05, 0.1) is 19.1 Å². The van der Waals surface area contributed by atoms with Gasteiger partial charge in [0.15, 0.2) is 0 Å². The second-order valence-corrected chi connectivity index (χ2v) is 5.61. The fourth-order valence-electron chi connectivity index (χ4n) is 2.93. The molecule has 1 aromatic heterocycles. The molecule has 0 atom stereocenters. The van der Waals surface area contributed by atoms with Crippen molar-refractivity contribution in [1.29, 1.82) is 0 Å². The molecule has 0 N–H and O–H groups in total. The third-order valence-corrected chi connectivity index (χ3v) is 4.19. The topological polar surface area (TPSA) is 73.7 Å². The SMILES string of the molecule is CCOC(=O)C1CCN(C(=O)c2cn3c(n2)COCC3)CC1. The van der Waals surface area contributed by atoms with Gasteiger partial charge in [0.25, 0.3) is 5.91 Å². The lowest BCUT2D eigenvalue weighted by Gasteiger charge is -2.30. The smallest absolute Gasteiger partial charge is 0.309 e. The van der Waals surface area contributed by atoms with Crippen LogP contribution in [0.5, 0.6) is 0 Å². The van der Waals surface area contributed by atoms with Crippen molar-refractivity contribution in [2.45, 2.75) is 32.9 Å². The van der Waals surface area contributed by atoms with Crippen molar-refractivity contribution < 1.29 is 19.1 Å². The van der Waals surface area contributed by atoms with Crippen LogP contribution in [0.25, 0.3) is 0 Å². The lowest BCUT2D eigenvalue weighted by Crippen LogP contribution is -2.40. The van der Waals surface area contributed by atoms with Gasteiger partial charge in [-0.05, 0) is 19.8 Å². The number of ether oxygens (including phenoxy) is 2. The normalized spacial score (nSPS) is 18.9. The standard InChI is InChI=1S/C15H21N3O4/c1-2-22-15(20)11-3-5-17(6-4-11)14(19)12-9-18-7-8-21-10-13(18)16-12/h9,11H,2-8,10H2,1H3. The Bertz CT molecular complexity index is 538. The van der Waals surface area contributed by atoms with Crippen LogP contribution in [0, 0.1) is 5.92 Å². The first kappa shape index (κ1) is 15.0. The molecular weight excluding hydrogens is 286 g/mol. The van der Waals surface area contributed by atoms with Crippen LogP contribution in [0.2, 0.25) is 0 Å². The van der Waals surface area contributed by atoms with Gasteiger partial charge >= 0.3 is 5.97 Å². The van der Waals surface area contributed by atoms with Crippen LogP contribution in [0.4, 0.5) is 0 Å². The number of carbonyl (C=O) groups is 2. The summed E-state index contributed by atoms with van der Waals surface area (Å²) in [5.74, 6) is 0.497. The molecule has 3 heterocycles. The molecular formula is C15H21N3O4. The predicted octanol–water partition coefficient (Wildman–Crippen LogP) is 0.829. The molecule has 1 saturated heterocycles. The number of piperidine rings is 1. The van der Waals surface area contributed by atoms with E-state index in [4.69, 9.17) is 9.47 Å². The van der Waals surface area contributed by atoms with Crippen LogP contribution in [0.15, 0.2) is 6.20 Å². The molecule has 0 radical (unpaired) electrons. The molecule has 0 saturated carbocycles. The van der Waals surface area contributed by atoms with E-state index >= 15 is 0 Å². The summed E-state index contributed by atoms with van der Waals surface area (Å²) in [6, 6.07) is 0. The summed E-state index contributed by atoms with van der Waals surface area (Å²) < 4.78 is 12.4. The number of imidazole rings is 1. The second-order valence-electron chi connectivity index (χ2n) is 5.61. The van der Waals surface area contributed by atoms with E-state index in [1.165, 1.54) is 0 Å². The number of amides is 1. The number of aromatic nitrogens is 2. The Labute approximate surface area is 129 Å². The Balaban J connectivity index is 1.60. The summed E-state index contributed by atoms with van der Waals surface area (Å²) in [6.07, 6.45) is 3.11. The van der Waals surface area contributed by atoms with E-state index in [2.05, 4.69) is 4.98 Å². The van der Waals surface area contributed by atoms with Crippen molar-refractivity contribution in [2.75, 3.05) is 26.3 Å². The van der Waals surface area contributed by atoms with Crippen molar-refractivity contribution in [2.24, 2.45) is 5.92 Å². The number of nitrogens with zero attached hydrogens (tertiary/aromatic N) is 3. The number of carbonyl (C=O) groups excluding carboxylic acids is 2. The van der Waals surface area contributed by atoms with Gasteiger partial charge in [-0.15, -0.1) is 0 Å². The zero-order valence-corrected chi connectivity index (χ0v) is 12.8. The zero-order valence-electron chi connectivity index (χ0n) is 12.8. The number of likely N-dealkylation sites (tertiary alicyclic amines) is 1. The van der Waals surface area contributed by atoms with Gasteiger partial charge in [0.2, 0.25) is 0 Å². The number of hydrogen-bond donors (Lipinski definition) is 0. The summed E-state index contributed by atoms with van der Waals surface area (Å²) >= 11 is 0. The van der Waals surface area contributed by atoms with Gasteiger partial charge in [-0.3, -0.25) is 9.59 Å². The Morgan fingerprint density at radius 1 is 1.36 bits per heavy atom. The van der Waals surface area contributed by atoms with E-state index in [0.29, 0.717) is 51.4 Å². The number of rotatable bonds is 3. The highest BCUT2D eigenvalue weighted by atomic mass is 16.5. The van der Waals surface area contributed by atoms with E-state index in [9.17, 15) is 9.59 Å². The summed E-state index contributed by atoms with van der Waals surface area (Å²) in [5, 5.41) is 0. The Morgan fingerprint density at radius 2 is 2.14 bits per heavy atom. The highest BCUT2D eigenvalue weighted by molar-refractivity contribution is 5.92. The molecule has 0 unspecified atom stereocenters. The molecule has 1 aromatic rings. The molecule has 3 rings (SSSR count). The molecule has 7 nitrogen and oxygen atoms in total. The lowest BCUT2D eigenvalue weighted by molar-refractivity contribution is -0.149. The van der Waals surface area contributed by atoms with Gasteiger partial charge in [0.1, 0.15) is 18.1 Å². The van der Waals surface area contributed by atoms with Crippen LogP contribution in [-0.4, -0.2) is 52.6 Å². The first-order chi connectivity index (χ1) is 10.7. The van der Waals surface area contributed by atoms with Crippen LogP contribution in [-0.2, 0) is 27.4 Å². The average molecular weight is 307 g/mol. The molecule has 0 aliphatic carbocycles. The highest BCUT2D eigenvalue weighted by Crippen LogP contribution is 2.20. The number of esters is 1. The van der Waals surface area contributed by atoms with E-state index in [0.717, 1.165) is 12.4 Å². The van der Waals surface area contributed by atoms with Crippen LogP contribution >= 0.6 is 0 Å². The van der Waals surface area contributed by atoms with Gasteiger partial charge in [-0.25, -0.2) is 4.98 Å². The molecule has 1 amide bonds. The molecule has 22 heavy (non-hydrogen) atoms. The Morgan fingerprint density at radius 3 is 2.82 bits per heavy atom. The maximum Gasteiger partial charge on any atom is 0.309 e. The van der Waals surface area contributed by atoms with Crippen molar-refractivity contribution in [3.05, 3.63) is 17.7 Å². The monoisotopic (exact) mass is 307 g/mol. The average Bonchev–Trinajstić information content (AvgIpc) is 2.98. The zero-order chi connectivity index (χ0) is 15.5.